The minimum Gasteiger partial charge on any atom is -0.396 e. The highest BCUT2D eigenvalue weighted by atomic mass is 32.2. The van der Waals surface area contributed by atoms with Gasteiger partial charge in [-0.2, -0.15) is 0 Å². The molecule has 0 amide bonds. The van der Waals surface area contributed by atoms with E-state index in [1.807, 2.05) is 6.92 Å². The summed E-state index contributed by atoms with van der Waals surface area (Å²) < 4.78 is 0. The predicted molar refractivity (Wildman–Crippen MR) is 62.3 cm³/mol. The Morgan fingerprint density at radius 3 is 3.07 bits per heavy atom. The van der Waals surface area contributed by atoms with Crippen LogP contribution in [0.15, 0.2) is 23.4 Å². The van der Waals surface area contributed by atoms with Gasteiger partial charge in [0.2, 0.25) is 0 Å². The third-order valence-electron chi connectivity index (χ3n) is 1.94. The SMILES string of the molecule is CC(CCO)Sc1cnccc1C(=N)N. The van der Waals surface area contributed by atoms with Crippen molar-refractivity contribution in [3.8, 4) is 0 Å². The molecule has 0 fully saturated rings. The molecule has 15 heavy (non-hydrogen) atoms. The lowest BCUT2D eigenvalue weighted by atomic mass is 10.2. The Labute approximate surface area is 93.4 Å². The van der Waals surface area contributed by atoms with Gasteiger partial charge in [0, 0.05) is 34.7 Å². The zero-order chi connectivity index (χ0) is 11.3. The van der Waals surface area contributed by atoms with Crippen molar-refractivity contribution in [2.24, 2.45) is 5.73 Å². The van der Waals surface area contributed by atoms with E-state index in [2.05, 4.69) is 4.98 Å². The van der Waals surface area contributed by atoms with Crippen LogP contribution in [0.5, 0.6) is 0 Å². The number of aliphatic hydroxyl groups is 1. The predicted octanol–water partition coefficient (Wildman–Crippen LogP) is 1.23. The molecule has 1 heterocycles. The largest absolute Gasteiger partial charge is 0.396 e. The third kappa shape index (κ3) is 3.53. The molecule has 0 spiro atoms. The molecule has 0 radical (unpaired) electrons. The minimum atomic E-state index is 0.0519. The summed E-state index contributed by atoms with van der Waals surface area (Å²) in [5.41, 5.74) is 6.17. The summed E-state index contributed by atoms with van der Waals surface area (Å²) in [4.78, 5) is 4.90. The Kier molecular flexibility index (Phi) is 4.58. The number of aliphatic hydroxyl groups excluding tert-OH is 1. The summed E-state index contributed by atoms with van der Waals surface area (Å²) in [6.45, 7) is 2.20. The first-order chi connectivity index (χ1) is 7.15. The quantitative estimate of drug-likeness (QED) is 0.400. The lowest BCUT2D eigenvalue weighted by molar-refractivity contribution is 0.289. The van der Waals surface area contributed by atoms with Crippen molar-refractivity contribution >= 4 is 17.6 Å². The fourth-order valence-electron chi connectivity index (χ4n) is 1.15. The Balaban J connectivity index is 2.79. The van der Waals surface area contributed by atoms with Crippen molar-refractivity contribution in [2.75, 3.05) is 6.61 Å². The topological polar surface area (TPSA) is 83.0 Å². The number of nitrogens with zero attached hydrogens (tertiary/aromatic N) is 1. The molecule has 0 aliphatic carbocycles. The van der Waals surface area contributed by atoms with Gasteiger partial charge in [0.05, 0.1) is 0 Å². The second kappa shape index (κ2) is 5.72. The molecule has 0 saturated heterocycles. The molecule has 0 aromatic carbocycles. The number of rotatable bonds is 5. The number of hydrogen-bond acceptors (Lipinski definition) is 4. The Hall–Kier alpha value is -1.07. The summed E-state index contributed by atoms with van der Waals surface area (Å²) in [6, 6.07) is 1.73. The van der Waals surface area contributed by atoms with Gasteiger partial charge in [-0.25, -0.2) is 0 Å². The highest BCUT2D eigenvalue weighted by molar-refractivity contribution is 8.00. The summed E-state index contributed by atoms with van der Waals surface area (Å²) in [6.07, 6.45) is 4.05. The van der Waals surface area contributed by atoms with Gasteiger partial charge in [0.25, 0.3) is 0 Å². The van der Waals surface area contributed by atoms with Crippen molar-refractivity contribution in [3.05, 3.63) is 24.0 Å². The van der Waals surface area contributed by atoms with Crippen LogP contribution in [0.25, 0.3) is 0 Å². The van der Waals surface area contributed by atoms with Gasteiger partial charge in [-0.05, 0) is 12.5 Å². The standard InChI is InChI=1S/C10H15N3OS/c1-7(3-5-14)15-9-6-13-4-2-8(9)10(11)12/h2,4,6-7,14H,3,5H2,1H3,(H3,11,12). The first kappa shape index (κ1) is 12.0. The fraction of sp³-hybridized carbons (Fsp3) is 0.400. The number of pyridine rings is 1. The number of nitrogens with one attached hydrogen (secondary N) is 1. The summed E-state index contributed by atoms with van der Waals surface area (Å²) in [5.74, 6) is 0.0519. The lowest BCUT2D eigenvalue weighted by Gasteiger charge is -2.11. The number of hydrogen-bond donors (Lipinski definition) is 3. The summed E-state index contributed by atoms with van der Waals surface area (Å²) in [7, 11) is 0. The van der Waals surface area contributed by atoms with Crippen LogP contribution in [0.4, 0.5) is 0 Å². The second-order valence-corrected chi connectivity index (χ2v) is 4.71. The first-order valence-corrected chi connectivity index (χ1v) is 5.59. The molecule has 82 valence electrons. The smallest absolute Gasteiger partial charge is 0.124 e. The third-order valence-corrected chi connectivity index (χ3v) is 3.16. The molecule has 4 nitrogen and oxygen atoms in total. The molecule has 0 aliphatic rings. The fourth-order valence-corrected chi connectivity index (χ4v) is 2.24. The van der Waals surface area contributed by atoms with E-state index in [1.165, 1.54) is 0 Å². The molecule has 1 unspecified atom stereocenters. The van der Waals surface area contributed by atoms with Crippen molar-refractivity contribution in [2.45, 2.75) is 23.5 Å². The van der Waals surface area contributed by atoms with Crippen molar-refractivity contribution in [1.29, 1.82) is 5.41 Å². The normalized spacial score (nSPS) is 12.4. The van der Waals surface area contributed by atoms with E-state index in [0.717, 1.165) is 11.3 Å². The molecule has 0 saturated carbocycles. The van der Waals surface area contributed by atoms with Crippen LogP contribution >= 0.6 is 11.8 Å². The number of amidine groups is 1. The van der Waals surface area contributed by atoms with Crippen LogP contribution in [0.2, 0.25) is 0 Å². The molecule has 5 heteroatoms. The number of nitrogen functional groups attached to an aromatic ring is 1. The number of nitrogens with two attached hydrogens (primary N) is 1. The van der Waals surface area contributed by atoms with E-state index in [0.29, 0.717) is 5.56 Å². The van der Waals surface area contributed by atoms with Crippen LogP contribution in [-0.4, -0.2) is 27.8 Å². The molecule has 4 N–H and O–H groups in total. The molecular formula is C10H15N3OS. The van der Waals surface area contributed by atoms with E-state index in [9.17, 15) is 0 Å². The Morgan fingerprint density at radius 2 is 2.47 bits per heavy atom. The van der Waals surface area contributed by atoms with Crippen LogP contribution < -0.4 is 5.73 Å². The highest BCUT2D eigenvalue weighted by Crippen LogP contribution is 2.27. The average molecular weight is 225 g/mol. The maximum Gasteiger partial charge on any atom is 0.124 e. The molecule has 0 aliphatic heterocycles. The Morgan fingerprint density at radius 1 is 1.73 bits per heavy atom. The zero-order valence-electron chi connectivity index (χ0n) is 8.60. The van der Waals surface area contributed by atoms with Gasteiger partial charge >= 0.3 is 0 Å². The zero-order valence-corrected chi connectivity index (χ0v) is 9.42. The van der Waals surface area contributed by atoms with Crippen LogP contribution in [0.1, 0.15) is 18.9 Å². The molecule has 1 aromatic rings. The number of aromatic nitrogens is 1. The lowest BCUT2D eigenvalue weighted by Crippen LogP contribution is -2.13. The van der Waals surface area contributed by atoms with E-state index >= 15 is 0 Å². The first-order valence-electron chi connectivity index (χ1n) is 4.71. The van der Waals surface area contributed by atoms with Gasteiger partial charge in [-0.15, -0.1) is 11.8 Å². The van der Waals surface area contributed by atoms with Gasteiger partial charge in [0.15, 0.2) is 0 Å². The maximum absolute atomic E-state index is 8.80. The van der Waals surface area contributed by atoms with Gasteiger partial charge in [-0.1, -0.05) is 6.92 Å². The van der Waals surface area contributed by atoms with Gasteiger partial charge in [-0.3, -0.25) is 10.4 Å². The van der Waals surface area contributed by atoms with Crippen LogP contribution in [0.3, 0.4) is 0 Å². The van der Waals surface area contributed by atoms with Crippen molar-refractivity contribution in [3.63, 3.8) is 0 Å². The maximum atomic E-state index is 8.80. The summed E-state index contributed by atoms with van der Waals surface area (Å²) >= 11 is 1.58. The van der Waals surface area contributed by atoms with Crippen molar-refractivity contribution in [1.82, 2.24) is 4.98 Å². The summed E-state index contributed by atoms with van der Waals surface area (Å²) in [5, 5.41) is 16.5. The minimum absolute atomic E-state index is 0.0519. The highest BCUT2D eigenvalue weighted by Gasteiger charge is 2.09. The monoisotopic (exact) mass is 225 g/mol. The molecule has 0 bridgehead atoms. The van der Waals surface area contributed by atoms with Crippen molar-refractivity contribution < 1.29 is 5.11 Å². The van der Waals surface area contributed by atoms with E-state index in [1.54, 1.807) is 30.2 Å². The van der Waals surface area contributed by atoms with Crippen LogP contribution in [-0.2, 0) is 0 Å². The van der Waals surface area contributed by atoms with Crippen LogP contribution in [0, 0.1) is 5.41 Å². The molecule has 1 atom stereocenters. The number of thioether (sulfide) groups is 1. The molecular weight excluding hydrogens is 210 g/mol. The Bertz CT molecular complexity index is 343. The average Bonchev–Trinajstić information content (AvgIpc) is 2.18. The second-order valence-electron chi connectivity index (χ2n) is 3.23. The molecule has 1 aromatic heterocycles. The van der Waals surface area contributed by atoms with E-state index < -0.39 is 0 Å². The van der Waals surface area contributed by atoms with Gasteiger partial charge in [0.1, 0.15) is 5.84 Å². The van der Waals surface area contributed by atoms with Gasteiger partial charge < -0.3 is 10.8 Å². The molecule has 1 rings (SSSR count). The van der Waals surface area contributed by atoms with E-state index in [4.69, 9.17) is 16.2 Å². The van der Waals surface area contributed by atoms with E-state index in [-0.39, 0.29) is 17.7 Å².